The van der Waals surface area contributed by atoms with Gasteiger partial charge in [-0.1, -0.05) is 48.5 Å². The molecular weight excluding hydrogens is 499 g/mol. The number of likely N-dealkylation sites (tertiary alicyclic amines) is 1. The van der Waals surface area contributed by atoms with Gasteiger partial charge in [-0.25, -0.2) is 9.59 Å². The van der Waals surface area contributed by atoms with E-state index in [0.29, 0.717) is 19.4 Å². The number of carbonyl (C=O) groups is 3. The Hall–Kier alpha value is -2.62. The predicted octanol–water partition coefficient (Wildman–Crippen LogP) is 3.20. The molecule has 7 nitrogen and oxygen atoms in total. The Kier molecular flexibility index (Phi) is 7.67. The summed E-state index contributed by atoms with van der Waals surface area (Å²) >= 11 is 2.14. The van der Waals surface area contributed by atoms with Crippen molar-refractivity contribution in [2.45, 2.75) is 38.0 Å². The van der Waals surface area contributed by atoms with Crippen LogP contribution in [0.4, 0.5) is 4.79 Å². The largest absolute Gasteiger partial charge is 0.480 e. The number of carboxylic acids is 1. The highest BCUT2D eigenvalue weighted by Gasteiger charge is 2.36. The van der Waals surface area contributed by atoms with E-state index in [1.54, 1.807) is 0 Å². The molecule has 1 aliphatic heterocycles. The number of carboxylic acid groups (broad SMARTS) is 1. The Morgan fingerprint density at radius 1 is 1.13 bits per heavy atom. The van der Waals surface area contributed by atoms with Gasteiger partial charge in [0.2, 0.25) is 5.91 Å². The lowest BCUT2D eigenvalue weighted by Crippen LogP contribution is -2.51. The maximum absolute atomic E-state index is 12.8. The molecule has 0 aliphatic carbocycles. The van der Waals surface area contributed by atoms with Crippen LogP contribution in [-0.4, -0.2) is 46.6 Å². The fraction of sp³-hybridized carbons (Fsp3) is 0.318. The summed E-state index contributed by atoms with van der Waals surface area (Å²) in [6.07, 6.45) is 0.737. The van der Waals surface area contributed by atoms with Crippen molar-refractivity contribution in [1.29, 1.82) is 0 Å². The molecule has 0 radical (unpaired) electrons. The third kappa shape index (κ3) is 5.71. The van der Waals surface area contributed by atoms with Crippen molar-refractivity contribution in [3.63, 3.8) is 0 Å². The van der Waals surface area contributed by atoms with Gasteiger partial charge in [0, 0.05) is 16.5 Å². The second-order valence-electron chi connectivity index (χ2n) is 7.09. The monoisotopic (exact) mass is 522 g/mol. The van der Waals surface area contributed by atoms with E-state index in [1.807, 2.05) is 54.6 Å². The van der Waals surface area contributed by atoms with Crippen molar-refractivity contribution in [2.75, 3.05) is 6.54 Å². The van der Waals surface area contributed by atoms with Crippen molar-refractivity contribution in [3.05, 3.63) is 69.3 Å². The van der Waals surface area contributed by atoms with E-state index in [-0.39, 0.29) is 13.0 Å². The lowest BCUT2D eigenvalue weighted by molar-refractivity contribution is -0.142. The summed E-state index contributed by atoms with van der Waals surface area (Å²) in [4.78, 5) is 38.4. The normalized spacial score (nSPS) is 16.7. The van der Waals surface area contributed by atoms with E-state index in [9.17, 15) is 19.5 Å². The topological polar surface area (TPSA) is 95.9 Å². The number of nitrogens with one attached hydrogen (secondary N) is 1. The van der Waals surface area contributed by atoms with Crippen LogP contribution in [0.25, 0.3) is 0 Å². The van der Waals surface area contributed by atoms with Crippen molar-refractivity contribution in [1.82, 2.24) is 10.2 Å². The number of amides is 2. The Morgan fingerprint density at radius 3 is 2.53 bits per heavy atom. The standard InChI is InChI=1S/C22H23IN2O5/c23-17-10-5-4-9-16(17)13-18(21(27)28)24-20(26)19-11-6-12-25(19)22(29)30-14-15-7-2-1-3-8-15/h1-5,7-10,18-19H,6,11-14H2,(H,24,26)(H,27,28)/t18-,19+/m0/s1. The van der Waals surface area contributed by atoms with Gasteiger partial charge in [0.05, 0.1) is 0 Å². The molecular formula is C22H23IN2O5. The summed E-state index contributed by atoms with van der Waals surface area (Å²) in [5, 5.41) is 12.2. The molecule has 0 saturated carbocycles. The molecule has 3 rings (SSSR count). The number of hydrogen-bond donors (Lipinski definition) is 2. The number of hydrogen-bond acceptors (Lipinski definition) is 4. The second kappa shape index (κ2) is 10.4. The van der Waals surface area contributed by atoms with Gasteiger partial charge in [-0.05, 0) is 52.6 Å². The number of aliphatic carboxylic acids is 1. The number of benzene rings is 2. The van der Waals surface area contributed by atoms with Crippen molar-refractivity contribution >= 4 is 40.6 Å². The van der Waals surface area contributed by atoms with E-state index in [1.165, 1.54) is 4.90 Å². The Balaban J connectivity index is 1.61. The van der Waals surface area contributed by atoms with E-state index >= 15 is 0 Å². The first kappa shape index (κ1) is 22.1. The number of rotatable bonds is 7. The van der Waals surface area contributed by atoms with Gasteiger partial charge in [-0.2, -0.15) is 0 Å². The molecule has 2 aromatic carbocycles. The lowest BCUT2D eigenvalue weighted by atomic mass is 10.1. The third-order valence-electron chi connectivity index (χ3n) is 4.99. The molecule has 2 N–H and O–H groups in total. The summed E-state index contributed by atoms with van der Waals surface area (Å²) in [5.41, 5.74) is 1.70. The summed E-state index contributed by atoms with van der Waals surface area (Å²) in [6.45, 7) is 0.523. The quantitative estimate of drug-likeness (QED) is 0.545. The molecule has 0 aromatic heterocycles. The fourth-order valence-corrected chi connectivity index (χ4v) is 4.02. The Morgan fingerprint density at radius 2 is 1.83 bits per heavy atom. The minimum atomic E-state index is -1.11. The third-order valence-corrected chi connectivity index (χ3v) is 6.04. The Bertz CT molecular complexity index is 905. The molecule has 0 spiro atoms. The first-order valence-electron chi connectivity index (χ1n) is 9.69. The first-order chi connectivity index (χ1) is 14.5. The molecule has 0 bridgehead atoms. The number of halogens is 1. The SMILES string of the molecule is O=C(O)[C@H](Cc1ccccc1I)NC(=O)[C@H]1CCCN1C(=O)OCc1ccccc1. The zero-order valence-electron chi connectivity index (χ0n) is 16.3. The Labute approximate surface area is 188 Å². The van der Waals surface area contributed by atoms with Crippen LogP contribution in [0.15, 0.2) is 54.6 Å². The van der Waals surface area contributed by atoms with Crippen LogP contribution in [0.2, 0.25) is 0 Å². The van der Waals surface area contributed by atoms with Gasteiger partial charge in [0.1, 0.15) is 18.7 Å². The maximum Gasteiger partial charge on any atom is 0.410 e. The molecule has 8 heteroatoms. The summed E-state index contributed by atoms with van der Waals surface area (Å²) in [6, 6.07) is 14.9. The zero-order chi connectivity index (χ0) is 21.5. The molecule has 158 valence electrons. The molecule has 1 saturated heterocycles. The van der Waals surface area contributed by atoms with E-state index < -0.39 is 30.1 Å². The smallest absolute Gasteiger partial charge is 0.410 e. The van der Waals surface area contributed by atoms with Gasteiger partial charge >= 0.3 is 12.1 Å². The van der Waals surface area contributed by atoms with Gasteiger partial charge in [0.25, 0.3) is 0 Å². The van der Waals surface area contributed by atoms with Gasteiger partial charge in [-0.3, -0.25) is 9.69 Å². The molecule has 1 aliphatic rings. The van der Waals surface area contributed by atoms with Gasteiger partial charge in [-0.15, -0.1) is 0 Å². The van der Waals surface area contributed by atoms with E-state index in [2.05, 4.69) is 27.9 Å². The second-order valence-corrected chi connectivity index (χ2v) is 8.25. The predicted molar refractivity (Wildman–Crippen MR) is 119 cm³/mol. The molecule has 1 heterocycles. The lowest BCUT2D eigenvalue weighted by Gasteiger charge is -2.25. The highest BCUT2D eigenvalue weighted by Crippen LogP contribution is 2.20. The minimum absolute atomic E-state index is 0.120. The molecule has 0 unspecified atom stereocenters. The van der Waals surface area contributed by atoms with Crippen LogP contribution < -0.4 is 5.32 Å². The van der Waals surface area contributed by atoms with Gasteiger partial charge in [0.15, 0.2) is 0 Å². The van der Waals surface area contributed by atoms with Crippen LogP contribution in [0.1, 0.15) is 24.0 Å². The van der Waals surface area contributed by atoms with Gasteiger partial charge < -0.3 is 15.2 Å². The van der Waals surface area contributed by atoms with Crippen LogP contribution in [-0.2, 0) is 27.4 Å². The summed E-state index contributed by atoms with van der Waals surface area (Å²) in [5.74, 6) is -1.58. The van der Waals surface area contributed by atoms with E-state index in [4.69, 9.17) is 4.74 Å². The number of ether oxygens (including phenoxy) is 1. The van der Waals surface area contributed by atoms with Crippen LogP contribution in [0.5, 0.6) is 0 Å². The highest BCUT2D eigenvalue weighted by atomic mass is 127. The van der Waals surface area contributed by atoms with Crippen LogP contribution >= 0.6 is 22.6 Å². The number of nitrogens with zero attached hydrogens (tertiary/aromatic N) is 1. The van der Waals surface area contributed by atoms with Crippen molar-refractivity contribution in [3.8, 4) is 0 Å². The average molecular weight is 522 g/mol. The molecule has 2 amide bonds. The highest BCUT2D eigenvalue weighted by molar-refractivity contribution is 14.1. The molecule has 2 aromatic rings. The minimum Gasteiger partial charge on any atom is -0.480 e. The van der Waals surface area contributed by atoms with Crippen LogP contribution in [0.3, 0.4) is 0 Å². The molecule has 30 heavy (non-hydrogen) atoms. The van der Waals surface area contributed by atoms with Crippen molar-refractivity contribution < 1.29 is 24.2 Å². The van der Waals surface area contributed by atoms with Crippen LogP contribution in [0, 0.1) is 3.57 Å². The first-order valence-corrected chi connectivity index (χ1v) is 10.8. The fourth-order valence-electron chi connectivity index (χ4n) is 3.41. The maximum atomic E-state index is 12.8. The summed E-state index contributed by atoms with van der Waals surface area (Å²) in [7, 11) is 0. The zero-order valence-corrected chi connectivity index (χ0v) is 18.4. The number of carbonyl (C=O) groups excluding carboxylic acids is 2. The average Bonchev–Trinajstić information content (AvgIpc) is 3.24. The molecule has 1 fully saturated rings. The summed E-state index contributed by atoms with van der Waals surface area (Å²) < 4.78 is 6.28. The van der Waals surface area contributed by atoms with Crippen molar-refractivity contribution in [2.24, 2.45) is 0 Å². The molecule has 2 atom stereocenters. The van der Waals surface area contributed by atoms with E-state index in [0.717, 1.165) is 14.7 Å².